The SMILES string of the molecule is CC(C)Oc1cc(NCC(C)(O)CO)ccc1N. The third kappa shape index (κ3) is 4.43. The molecule has 0 spiro atoms. The van der Waals surface area contributed by atoms with Crippen LogP contribution in [0.5, 0.6) is 5.75 Å². The van der Waals surface area contributed by atoms with Gasteiger partial charge >= 0.3 is 0 Å². The van der Waals surface area contributed by atoms with Gasteiger partial charge in [-0.25, -0.2) is 0 Å². The standard InChI is InChI=1S/C13H22N2O3/c1-9(2)18-12-6-10(4-5-11(12)14)15-7-13(3,17)8-16/h4-6,9,15-17H,7-8,14H2,1-3H3. The molecule has 0 aliphatic carbocycles. The first-order chi connectivity index (χ1) is 8.34. The molecular formula is C13H22N2O3. The van der Waals surface area contributed by atoms with Gasteiger partial charge in [-0.3, -0.25) is 0 Å². The lowest BCUT2D eigenvalue weighted by molar-refractivity contribution is 0.0132. The summed E-state index contributed by atoms with van der Waals surface area (Å²) in [7, 11) is 0. The zero-order valence-electron chi connectivity index (χ0n) is 11.1. The van der Waals surface area contributed by atoms with Crippen LogP contribution in [-0.2, 0) is 0 Å². The van der Waals surface area contributed by atoms with Gasteiger partial charge in [0.1, 0.15) is 11.4 Å². The highest BCUT2D eigenvalue weighted by atomic mass is 16.5. The molecule has 0 saturated heterocycles. The second-order valence-electron chi connectivity index (χ2n) is 4.93. The van der Waals surface area contributed by atoms with Crippen LogP contribution in [0.1, 0.15) is 20.8 Å². The Bertz CT molecular complexity index is 392. The maximum atomic E-state index is 9.69. The van der Waals surface area contributed by atoms with Crippen LogP contribution in [0.15, 0.2) is 18.2 Å². The Kier molecular flexibility index (Phi) is 4.81. The van der Waals surface area contributed by atoms with Crippen LogP contribution >= 0.6 is 0 Å². The van der Waals surface area contributed by atoms with Crippen LogP contribution in [0, 0.1) is 0 Å². The summed E-state index contributed by atoms with van der Waals surface area (Å²) in [6.45, 7) is 5.36. The lowest BCUT2D eigenvalue weighted by atomic mass is 10.1. The molecule has 1 rings (SSSR count). The molecule has 0 amide bonds. The van der Waals surface area contributed by atoms with Crippen molar-refractivity contribution in [1.82, 2.24) is 0 Å². The lowest BCUT2D eigenvalue weighted by Gasteiger charge is -2.22. The fourth-order valence-electron chi connectivity index (χ4n) is 1.35. The summed E-state index contributed by atoms with van der Waals surface area (Å²) in [6, 6.07) is 5.33. The molecule has 1 atom stereocenters. The topological polar surface area (TPSA) is 87.7 Å². The quantitative estimate of drug-likeness (QED) is 0.573. The molecule has 0 aromatic heterocycles. The van der Waals surface area contributed by atoms with Crippen molar-refractivity contribution in [3.8, 4) is 5.75 Å². The first kappa shape index (κ1) is 14.6. The highest BCUT2D eigenvalue weighted by molar-refractivity contribution is 5.61. The summed E-state index contributed by atoms with van der Waals surface area (Å²) in [6.07, 6.45) is 0.0445. The van der Waals surface area contributed by atoms with Gasteiger partial charge in [-0.15, -0.1) is 0 Å². The molecule has 0 aliphatic heterocycles. The van der Waals surface area contributed by atoms with Gasteiger partial charge in [-0.05, 0) is 32.9 Å². The van der Waals surface area contributed by atoms with Crippen molar-refractivity contribution in [1.29, 1.82) is 0 Å². The number of ether oxygens (including phenoxy) is 1. The van der Waals surface area contributed by atoms with Gasteiger partial charge in [0, 0.05) is 18.3 Å². The summed E-state index contributed by atoms with van der Waals surface area (Å²) >= 11 is 0. The van der Waals surface area contributed by atoms with E-state index in [-0.39, 0.29) is 19.3 Å². The van der Waals surface area contributed by atoms with Gasteiger partial charge in [0.15, 0.2) is 0 Å². The van der Waals surface area contributed by atoms with E-state index in [1.807, 2.05) is 13.8 Å². The first-order valence-corrected chi connectivity index (χ1v) is 5.97. The monoisotopic (exact) mass is 254 g/mol. The van der Waals surface area contributed by atoms with E-state index < -0.39 is 5.60 Å². The Labute approximate surface area is 108 Å². The molecule has 5 N–H and O–H groups in total. The van der Waals surface area contributed by atoms with E-state index in [4.69, 9.17) is 15.6 Å². The number of nitrogens with one attached hydrogen (secondary N) is 1. The molecule has 5 nitrogen and oxygen atoms in total. The van der Waals surface area contributed by atoms with E-state index >= 15 is 0 Å². The Morgan fingerprint density at radius 2 is 2.11 bits per heavy atom. The van der Waals surface area contributed by atoms with Crippen molar-refractivity contribution in [2.24, 2.45) is 0 Å². The Morgan fingerprint density at radius 3 is 2.67 bits per heavy atom. The minimum Gasteiger partial charge on any atom is -0.489 e. The molecule has 5 heteroatoms. The Balaban J connectivity index is 2.73. The maximum Gasteiger partial charge on any atom is 0.144 e. The number of nitrogen functional groups attached to an aromatic ring is 1. The van der Waals surface area contributed by atoms with Gasteiger partial charge < -0.3 is 26.0 Å². The van der Waals surface area contributed by atoms with Gasteiger partial charge in [-0.1, -0.05) is 0 Å². The fraction of sp³-hybridized carbons (Fsp3) is 0.538. The van der Waals surface area contributed by atoms with Crippen molar-refractivity contribution in [2.75, 3.05) is 24.2 Å². The van der Waals surface area contributed by atoms with E-state index in [0.29, 0.717) is 11.4 Å². The van der Waals surface area contributed by atoms with Crippen molar-refractivity contribution in [3.63, 3.8) is 0 Å². The van der Waals surface area contributed by atoms with Crippen LogP contribution in [0.4, 0.5) is 11.4 Å². The van der Waals surface area contributed by atoms with Crippen LogP contribution in [-0.4, -0.2) is 35.1 Å². The predicted octanol–water partition coefficient (Wildman–Crippen LogP) is 1.21. The van der Waals surface area contributed by atoms with Crippen LogP contribution in [0.25, 0.3) is 0 Å². The van der Waals surface area contributed by atoms with Gasteiger partial charge in [0.05, 0.1) is 18.4 Å². The number of rotatable bonds is 6. The molecule has 18 heavy (non-hydrogen) atoms. The molecular weight excluding hydrogens is 232 g/mol. The Hall–Kier alpha value is -1.46. The minimum atomic E-state index is -1.15. The van der Waals surface area contributed by atoms with E-state index in [1.165, 1.54) is 0 Å². The molecule has 1 aromatic carbocycles. The average molecular weight is 254 g/mol. The van der Waals surface area contributed by atoms with Crippen LogP contribution < -0.4 is 15.8 Å². The number of hydrogen-bond acceptors (Lipinski definition) is 5. The number of aliphatic hydroxyl groups is 2. The van der Waals surface area contributed by atoms with Gasteiger partial charge in [0.25, 0.3) is 0 Å². The number of hydrogen-bond donors (Lipinski definition) is 4. The number of aliphatic hydroxyl groups excluding tert-OH is 1. The van der Waals surface area contributed by atoms with Gasteiger partial charge in [-0.2, -0.15) is 0 Å². The van der Waals surface area contributed by atoms with Crippen LogP contribution in [0.2, 0.25) is 0 Å². The third-order valence-electron chi connectivity index (χ3n) is 2.39. The zero-order chi connectivity index (χ0) is 13.8. The largest absolute Gasteiger partial charge is 0.489 e. The van der Waals surface area contributed by atoms with E-state index in [1.54, 1.807) is 25.1 Å². The van der Waals surface area contributed by atoms with Crippen molar-refractivity contribution in [3.05, 3.63) is 18.2 Å². The Morgan fingerprint density at radius 1 is 1.44 bits per heavy atom. The summed E-state index contributed by atoms with van der Waals surface area (Å²) in [5, 5.41) is 21.7. The fourth-order valence-corrected chi connectivity index (χ4v) is 1.35. The average Bonchev–Trinajstić information content (AvgIpc) is 2.30. The second kappa shape index (κ2) is 5.93. The third-order valence-corrected chi connectivity index (χ3v) is 2.39. The van der Waals surface area contributed by atoms with E-state index in [0.717, 1.165) is 5.69 Å². The van der Waals surface area contributed by atoms with E-state index in [2.05, 4.69) is 5.32 Å². The molecule has 0 aliphatic rings. The summed E-state index contributed by atoms with van der Waals surface area (Å²) in [4.78, 5) is 0. The molecule has 0 saturated carbocycles. The summed E-state index contributed by atoms with van der Waals surface area (Å²) < 4.78 is 5.57. The summed E-state index contributed by atoms with van der Waals surface area (Å²) in [5.41, 5.74) is 6.01. The van der Waals surface area contributed by atoms with Crippen molar-refractivity contribution >= 4 is 11.4 Å². The van der Waals surface area contributed by atoms with E-state index in [9.17, 15) is 5.11 Å². The van der Waals surface area contributed by atoms with Crippen molar-refractivity contribution in [2.45, 2.75) is 32.5 Å². The maximum absolute atomic E-state index is 9.69. The number of benzene rings is 1. The lowest BCUT2D eigenvalue weighted by Crippen LogP contribution is -2.37. The highest BCUT2D eigenvalue weighted by Gasteiger charge is 2.18. The highest BCUT2D eigenvalue weighted by Crippen LogP contribution is 2.26. The minimum absolute atomic E-state index is 0.0445. The van der Waals surface area contributed by atoms with Crippen LogP contribution in [0.3, 0.4) is 0 Å². The molecule has 0 heterocycles. The van der Waals surface area contributed by atoms with Crippen molar-refractivity contribution < 1.29 is 14.9 Å². The molecule has 0 bridgehead atoms. The molecule has 0 radical (unpaired) electrons. The number of nitrogens with two attached hydrogens (primary N) is 1. The first-order valence-electron chi connectivity index (χ1n) is 5.97. The molecule has 1 aromatic rings. The molecule has 102 valence electrons. The molecule has 0 fully saturated rings. The normalized spacial score (nSPS) is 14.3. The summed E-state index contributed by atoms with van der Waals surface area (Å²) in [5.74, 6) is 0.610. The smallest absolute Gasteiger partial charge is 0.144 e. The number of anilines is 2. The van der Waals surface area contributed by atoms with Gasteiger partial charge in [0.2, 0.25) is 0 Å². The second-order valence-corrected chi connectivity index (χ2v) is 4.93. The predicted molar refractivity (Wildman–Crippen MR) is 72.8 cm³/mol. The zero-order valence-corrected chi connectivity index (χ0v) is 11.1. The molecule has 1 unspecified atom stereocenters.